The lowest BCUT2D eigenvalue weighted by molar-refractivity contribution is -0.137. The molecule has 0 radical (unpaired) electrons. The molecule has 2 aromatic carbocycles. The van der Waals surface area contributed by atoms with Crippen molar-refractivity contribution in [2.75, 3.05) is 0 Å². The molecule has 2 aromatic rings. The van der Waals surface area contributed by atoms with Gasteiger partial charge in [-0.2, -0.15) is 0 Å². The fraction of sp³-hybridized carbons (Fsp3) is 0.211. The highest BCUT2D eigenvalue weighted by molar-refractivity contribution is 6.04. The molecule has 1 aliphatic heterocycles. The first-order valence-electron chi connectivity index (χ1n) is 8.03. The maximum Gasteiger partial charge on any atom is 0.418 e. The zero-order valence-corrected chi connectivity index (χ0v) is 13.4. The van der Waals surface area contributed by atoms with Gasteiger partial charge < -0.3 is 10.5 Å². The number of carbonyl (C=O) groups is 3. The van der Waals surface area contributed by atoms with Gasteiger partial charge in [0.05, 0.1) is 6.54 Å². The Morgan fingerprint density at radius 2 is 1.96 bits per heavy atom. The fourth-order valence-electron chi connectivity index (χ4n) is 3.60. The summed E-state index contributed by atoms with van der Waals surface area (Å²) in [7, 11) is 0. The van der Waals surface area contributed by atoms with Gasteiger partial charge in [-0.25, -0.2) is 9.69 Å². The third kappa shape index (κ3) is 2.29. The number of fused-ring (bicyclic) bond motifs is 2. The second-order valence-corrected chi connectivity index (χ2v) is 6.31. The van der Waals surface area contributed by atoms with Crippen molar-refractivity contribution in [3.63, 3.8) is 0 Å². The van der Waals surface area contributed by atoms with E-state index in [1.54, 1.807) is 24.3 Å². The summed E-state index contributed by atoms with van der Waals surface area (Å²) < 4.78 is 5.56. The normalized spacial score (nSPS) is 21.5. The van der Waals surface area contributed by atoms with E-state index >= 15 is 0 Å². The molecule has 6 nitrogen and oxygen atoms in total. The fourth-order valence-corrected chi connectivity index (χ4v) is 3.60. The molecule has 4 rings (SSSR count). The molecule has 6 heteroatoms. The summed E-state index contributed by atoms with van der Waals surface area (Å²) >= 11 is 0. The van der Waals surface area contributed by atoms with Crippen LogP contribution in [0.15, 0.2) is 48.5 Å². The van der Waals surface area contributed by atoms with Crippen LogP contribution >= 0.6 is 0 Å². The highest BCUT2D eigenvalue weighted by Crippen LogP contribution is 2.45. The summed E-state index contributed by atoms with van der Waals surface area (Å²) in [5.41, 5.74) is 6.84. The Bertz CT molecular complexity index is 908. The number of aryl methyl sites for hydroxylation is 1. The number of hydrogen-bond acceptors (Lipinski definition) is 4. The van der Waals surface area contributed by atoms with E-state index in [1.807, 2.05) is 24.3 Å². The predicted octanol–water partition coefficient (Wildman–Crippen LogP) is 2.11. The Labute approximate surface area is 144 Å². The molecule has 0 bridgehead atoms. The minimum atomic E-state index is -1.21. The van der Waals surface area contributed by atoms with E-state index < -0.39 is 17.6 Å². The number of imide groups is 1. The summed E-state index contributed by atoms with van der Waals surface area (Å²) in [5.74, 6) is -0.912. The molecule has 0 aromatic heterocycles. The standard InChI is InChI=1S/C19H16N2O4/c20-16(22)14-6-3-4-12(10-14)11-21-17(23)19(25-18(21)24)9-8-13-5-1-2-7-15(13)19/h1-7,10H,8-9,11H2,(H2,20,22). The van der Waals surface area contributed by atoms with Gasteiger partial charge in [-0.3, -0.25) is 9.59 Å². The molecule has 1 aliphatic carbocycles. The van der Waals surface area contributed by atoms with Crippen LogP contribution in [0.3, 0.4) is 0 Å². The molecule has 25 heavy (non-hydrogen) atoms. The van der Waals surface area contributed by atoms with Gasteiger partial charge in [0.25, 0.3) is 5.91 Å². The zero-order valence-electron chi connectivity index (χ0n) is 13.4. The Morgan fingerprint density at radius 3 is 2.76 bits per heavy atom. The Hall–Kier alpha value is -3.15. The maximum absolute atomic E-state index is 13.0. The topological polar surface area (TPSA) is 89.7 Å². The third-order valence-corrected chi connectivity index (χ3v) is 4.82. The van der Waals surface area contributed by atoms with Gasteiger partial charge in [-0.15, -0.1) is 0 Å². The van der Waals surface area contributed by atoms with Crippen LogP contribution in [0.1, 0.15) is 33.5 Å². The van der Waals surface area contributed by atoms with Crippen LogP contribution in [-0.2, 0) is 28.1 Å². The van der Waals surface area contributed by atoms with E-state index in [0.29, 0.717) is 24.0 Å². The van der Waals surface area contributed by atoms with E-state index in [0.717, 1.165) is 16.0 Å². The van der Waals surface area contributed by atoms with E-state index in [-0.39, 0.29) is 12.5 Å². The summed E-state index contributed by atoms with van der Waals surface area (Å²) in [4.78, 5) is 37.8. The Morgan fingerprint density at radius 1 is 1.16 bits per heavy atom. The summed E-state index contributed by atoms with van der Waals surface area (Å²) in [6.45, 7) is 0.0443. The summed E-state index contributed by atoms with van der Waals surface area (Å²) in [6.07, 6.45) is 0.487. The maximum atomic E-state index is 13.0. The van der Waals surface area contributed by atoms with E-state index in [4.69, 9.17) is 10.5 Å². The predicted molar refractivity (Wildman–Crippen MR) is 88.4 cm³/mol. The quantitative estimate of drug-likeness (QED) is 0.929. The SMILES string of the molecule is NC(=O)c1cccc(CN2C(=O)OC3(CCc4ccccc43)C2=O)c1. The second-order valence-electron chi connectivity index (χ2n) is 6.31. The van der Waals surface area contributed by atoms with Crippen molar-refractivity contribution in [1.82, 2.24) is 4.90 Å². The molecule has 1 spiro atoms. The van der Waals surface area contributed by atoms with Crippen molar-refractivity contribution in [2.24, 2.45) is 5.73 Å². The zero-order chi connectivity index (χ0) is 17.6. The first-order chi connectivity index (χ1) is 12.0. The molecule has 126 valence electrons. The van der Waals surface area contributed by atoms with Crippen molar-refractivity contribution in [2.45, 2.75) is 25.0 Å². The van der Waals surface area contributed by atoms with Gasteiger partial charge in [0.1, 0.15) is 0 Å². The van der Waals surface area contributed by atoms with Crippen molar-refractivity contribution >= 4 is 17.9 Å². The highest BCUT2D eigenvalue weighted by Gasteiger charge is 2.57. The van der Waals surface area contributed by atoms with E-state index in [9.17, 15) is 14.4 Å². The molecule has 1 fully saturated rings. The van der Waals surface area contributed by atoms with Crippen LogP contribution in [0.4, 0.5) is 4.79 Å². The number of hydrogen-bond donors (Lipinski definition) is 1. The van der Waals surface area contributed by atoms with Crippen molar-refractivity contribution in [3.05, 3.63) is 70.8 Å². The van der Waals surface area contributed by atoms with Gasteiger partial charge in [0.15, 0.2) is 0 Å². The van der Waals surface area contributed by atoms with Gasteiger partial charge in [-0.1, -0.05) is 36.4 Å². The number of ether oxygens (including phenoxy) is 1. The summed E-state index contributed by atoms with van der Waals surface area (Å²) in [5, 5.41) is 0. The average Bonchev–Trinajstić information content (AvgIpc) is 3.09. The Kier molecular flexibility index (Phi) is 3.35. The number of nitrogens with zero attached hydrogens (tertiary/aromatic N) is 1. The molecular formula is C19H16N2O4. The third-order valence-electron chi connectivity index (χ3n) is 4.82. The largest absolute Gasteiger partial charge is 0.427 e. The Balaban J connectivity index is 1.65. The van der Waals surface area contributed by atoms with Crippen LogP contribution in [0.25, 0.3) is 0 Å². The van der Waals surface area contributed by atoms with Crippen LogP contribution in [0, 0.1) is 0 Å². The van der Waals surface area contributed by atoms with Crippen LogP contribution in [0.2, 0.25) is 0 Å². The lowest BCUT2D eigenvalue weighted by atomic mass is 9.95. The second kappa shape index (κ2) is 5.44. The van der Waals surface area contributed by atoms with Crippen LogP contribution in [0.5, 0.6) is 0 Å². The number of benzene rings is 2. The van der Waals surface area contributed by atoms with Crippen LogP contribution < -0.4 is 5.73 Å². The lowest BCUT2D eigenvalue weighted by Gasteiger charge is -2.20. The first kappa shape index (κ1) is 15.4. The smallest absolute Gasteiger partial charge is 0.418 e. The molecule has 3 amide bonds. The monoisotopic (exact) mass is 336 g/mol. The molecule has 1 atom stereocenters. The number of nitrogens with two attached hydrogens (primary N) is 1. The van der Waals surface area contributed by atoms with Crippen molar-refractivity contribution in [1.29, 1.82) is 0 Å². The van der Waals surface area contributed by atoms with Crippen molar-refractivity contribution in [3.8, 4) is 0 Å². The first-order valence-corrected chi connectivity index (χ1v) is 8.03. The van der Waals surface area contributed by atoms with E-state index in [2.05, 4.69) is 0 Å². The molecule has 1 heterocycles. The molecule has 0 saturated carbocycles. The summed E-state index contributed by atoms with van der Waals surface area (Å²) in [6, 6.07) is 14.1. The number of primary amides is 1. The van der Waals surface area contributed by atoms with E-state index in [1.165, 1.54) is 0 Å². The van der Waals surface area contributed by atoms with Gasteiger partial charge >= 0.3 is 6.09 Å². The van der Waals surface area contributed by atoms with Gasteiger partial charge in [0.2, 0.25) is 11.5 Å². The number of carbonyl (C=O) groups excluding carboxylic acids is 3. The van der Waals surface area contributed by atoms with Gasteiger partial charge in [-0.05, 0) is 29.7 Å². The molecule has 1 unspecified atom stereocenters. The number of rotatable bonds is 3. The number of amides is 3. The molecule has 2 aliphatic rings. The minimum absolute atomic E-state index is 0.0443. The molecular weight excluding hydrogens is 320 g/mol. The highest BCUT2D eigenvalue weighted by atomic mass is 16.6. The minimum Gasteiger partial charge on any atom is -0.427 e. The van der Waals surface area contributed by atoms with Gasteiger partial charge in [0, 0.05) is 17.5 Å². The van der Waals surface area contributed by atoms with Crippen LogP contribution in [-0.4, -0.2) is 22.8 Å². The van der Waals surface area contributed by atoms with Crippen molar-refractivity contribution < 1.29 is 19.1 Å². The molecule has 2 N–H and O–H groups in total. The average molecular weight is 336 g/mol. The molecule has 1 saturated heterocycles. The lowest BCUT2D eigenvalue weighted by Crippen LogP contribution is -2.37.